The summed E-state index contributed by atoms with van der Waals surface area (Å²) in [4.78, 5) is 13.7. The minimum Gasteiger partial charge on any atom is -0.397 e. The number of anilines is 2. The molecule has 2 fully saturated rings. The van der Waals surface area contributed by atoms with Crippen molar-refractivity contribution in [2.45, 2.75) is 12.0 Å². The van der Waals surface area contributed by atoms with Gasteiger partial charge in [-0.2, -0.15) is 0 Å². The minimum absolute atomic E-state index is 0.0894. The number of nitrogens with two attached hydrogens (primary N) is 1. The van der Waals surface area contributed by atoms with E-state index in [1.807, 2.05) is 18.2 Å². The summed E-state index contributed by atoms with van der Waals surface area (Å²) in [5.41, 5.74) is 7.07. The lowest BCUT2D eigenvalue weighted by molar-refractivity contribution is 0.176. The summed E-state index contributed by atoms with van der Waals surface area (Å²) in [6, 6.07) is 7.33. The van der Waals surface area contributed by atoms with E-state index >= 15 is 0 Å². The molecule has 0 bridgehead atoms. The van der Waals surface area contributed by atoms with Crippen molar-refractivity contribution >= 4 is 17.4 Å². The van der Waals surface area contributed by atoms with Crippen LogP contribution < -0.4 is 16.0 Å². The summed E-state index contributed by atoms with van der Waals surface area (Å²) in [5, 5.41) is 3.01. The Labute approximate surface area is 99.5 Å². The van der Waals surface area contributed by atoms with E-state index in [4.69, 9.17) is 10.5 Å². The molecule has 0 aliphatic carbocycles. The first-order valence-electron chi connectivity index (χ1n) is 5.72. The first-order chi connectivity index (χ1) is 8.20. The Kier molecular flexibility index (Phi) is 2.22. The number of nitrogens with zero attached hydrogens (tertiary/aromatic N) is 1. The Morgan fingerprint density at radius 2 is 2.24 bits per heavy atom. The number of rotatable bonds is 1. The SMILES string of the molecule is Nc1ccccc1N1CC2(CCOC2)NC1=O. The molecule has 0 radical (unpaired) electrons. The molecule has 17 heavy (non-hydrogen) atoms. The topological polar surface area (TPSA) is 67.6 Å². The molecule has 1 spiro atoms. The average Bonchev–Trinajstić information content (AvgIpc) is 2.88. The number of carbonyl (C=O) groups is 1. The number of benzene rings is 1. The molecular weight excluding hydrogens is 218 g/mol. The van der Waals surface area contributed by atoms with E-state index in [0.717, 1.165) is 12.1 Å². The van der Waals surface area contributed by atoms with Crippen LogP contribution in [-0.4, -0.2) is 31.3 Å². The van der Waals surface area contributed by atoms with E-state index in [9.17, 15) is 4.79 Å². The van der Waals surface area contributed by atoms with Gasteiger partial charge in [-0.3, -0.25) is 4.90 Å². The number of hydrogen-bond donors (Lipinski definition) is 2. The van der Waals surface area contributed by atoms with Gasteiger partial charge in [-0.05, 0) is 18.6 Å². The van der Waals surface area contributed by atoms with Crippen molar-refractivity contribution in [1.29, 1.82) is 0 Å². The number of urea groups is 1. The molecule has 2 aliphatic rings. The van der Waals surface area contributed by atoms with Gasteiger partial charge in [-0.15, -0.1) is 0 Å². The van der Waals surface area contributed by atoms with Gasteiger partial charge in [0.05, 0.1) is 30.1 Å². The molecule has 5 nitrogen and oxygen atoms in total. The third-order valence-electron chi connectivity index (χ3n) is 3.41. The van der Waals surface area contributed by atoms with Gasteiger partial charge in [-0.25, -0.2) is 4.79 Å². The van der Waals surface area contributed by atoms with E-state index < -0.39 is 0 Å². The Morgan fingerprint density at radius 3 is 2.94 bits per heavy atom. The van der Waals surface area contributed by atoms with Crippen molar-refractivity contribution in [3.63, 3.8) is 0 Å². The van der Waals surface area contributed by atoms with Gasteiger partial charge in [0.25, 0.3) is 0 Å². The lowest BCUT2D eigenvalue weighted by Gasteiger charge is -2.21. The third-order valence-corrected chi connectivity index (χ3v) is 3.41. The predicted octanol–water partition coefficient (Wildman–Crippen LogP) is 0.958. The van der Waals surface area contributed by atoms with Crippen LogP contribution in [0.2, 0.25) is 0 Å². The first kappa shape index (κ1) is 10.4. The van der Waals surface area contributed by atoms with Crippen LogP contribution in [-0.2, 0) is 4.74 Å². The predicted molar refractivity (Wildman–Crippen MR) is 64.9 cm³/mol. The molecule has 2 aliphatic heterocycles. The molecule has 1 unspecified atom stereocenters. The molecular formula is C12H15N3O2. The van der Waals surface area contributed by atoms with Gasteiger partial charge in [-0.1, -0.05) is 12.1 Å². The molecule has 90 valence electrons. The van der Waals surface area contributed by atoms with Crippen molar-refractivity contribution in [3.05, 3.63) is 24.3 Å². The monoisotopic (exact) mass is 233 g/mol. The van der Waals surface area contributed by atoms with Crippen LogP contribution in [0.15, 0.2) is 24.3 Å². The summed E-state index contributed by atoms with van der Waals surface area (Å²) in [5.74, 6) is 0. The first-order valence-corrected chi connectivity index (χ1v) is 5.72. The summed E-state index contributed by atoms with van der Waals surface area (Å²) in [6.07, 6.45) is 0.863. The largest absolute Gasteiger partial charge is 0.397 e. The molecule has 2 saturated heterocycles. The van der Waals surface area contributed by atoms with Gasteiger partial charge in [0.15, 0.2) is 0 Å². The highest BCUT2D eigenvalue weighted by atomic mass is 16.5. The smallest absolute Gasteiger partial charge is 0.322 e. The second kappa shape index (κ2) is 3.63. The zero-order valence-corrected chi connectivity index (χ0v) is 9.48. The highest BCUT2D eigenvalue weighted by Crippen LogP contribution is 2.31. The van der Waals surface area contributed by atoms with Crippen molar-refractivity contribution in [2.24, 2.45) is 0 Å². The second-order valence-corrected chi connectivity index (χ2v) is 4.66. The van der Waals surface area contributed by atoms with E-state index in [1.165, 1.54) is 0 Å². The summed E-state index contributed by atoms with van der Waals surface area (Å²) >= 11 is 0. The van der Waals surface area contributed by atoms with E-state index in [2.05, 4.69) is 5.32 Å². The molecule has 3 rings (SSSR count). The highest BCUT2D eigenvalue weighted by molar-refractivity contribution is 5.98. The molecule has 2 amide bonds. The van der Waals surface area contributed by atoms with Crippen LogP contribution in [0.4, 0.5) is 16.2 Å². The molecule has 2 heterocycles. The molecule has 1 aromatic rings. The highest BCUT2D eigenvalue weighted by Gasteiger charge is 2.45. The van der Waals surface area contributed by atoms with Crippen molar-refractivity contribution in [2.75, 3.05) is 30.4 Å². The molecule has 5 heteroatoms. The normalized spacial score (nSPS) is 27.8. The van der Waals surface area contributed by atoms with Crippen molar-refractivity contribution in [3.8, 4) is 0 Å². The van der Waals surface area contributed by atoms with Gasteiger partial charge < -0.3 is 15.8 Å². The molecule has 0 aromatic heterocycles. The zero-order valence-electron chi connectivity index (χ0n) is 9.48. The van der Waals surface area contributed by atoms with Crippen LogP contribution in [0.1, 0.15) is 6.42 Å². The van der Waals surface area contributed by atoms with Crippen LogP contribution in [0, 0.1) is 0 Å². The minimum atomic E-state index is -0.223. The Morgan fingerprint density at radius 1 is 1.41 bits per heavy atom. The number of ether oxygens (including phenoxy) is 1. The molecule has 3 N–H and O–H groups in total. The standard InChI is InChI=1S/C12H15N3O2/c13-9-3-1-2-4-10(9)15-7-12(14-11(15)16)5-6-17-8-12/h1-4H,5-8,13H2,(H,14,16). The Balaban J connectivity index is 1.90. The fourth-order valence-corrected chi connectivity index (χ4v) is 2.47. The van der Waals surface area contributed by atoms with Gasteiger partial charge in [0.1, 0.15) is 0 Å². The zero-order chi connectivity index (χ0) is 11.9. The lowest BCUT2D eigenvalue weighted by atomic mass is 10.0. The van der Waals surface area contributed by atoms with Crippen LogP contribution in [0.3, 0.4) is 0 Å². The summed E-state index contributed by atoms with van der Waals surface area (Å²) in [6.45, 7) is 1.92. The van der Waals surface area contributed by atoms with Crippen LogP contribution >= 0.6 is 0 Å². The number of para-hydroxylation sites is 2. The fraction of sp³-hybridized carbons (Fsp3) is 0.417. The van der Waals surface area contributed by atoms with Gasteiger partial charge in [0.2, 0.25) is 0 Å². The number of carbonyl (C=O) groups excluding carboxylic acids is 1. The summed E-state index contributed by atoms with van der Waals surface area (Å²) in [7, 11) is 0. The van der Waals surface area contributed by atoms with E-state index in [-0.39, 0.29) is 11.6 Å². The second-order valence-electron chi connectivity index (χ2n) is 4.66. The summed E-state index contributed by atoms with van der Waals surface area (Å²) < 4.78 is 5.37. The lowest BCUT2D eigenvalue weighted by Crippen LogP contribution is -2.43. The number of hydrogen-bond acceptors (Lipinski definition) is 3. The van der Waals surface area contributed by atoms with Crippen molar-refractivity contribution in [1.82, 2.24) is 5.32 Å². The Hall–Kier alpha value is -1.75. The third kappa shape index (κ3) is 1.63. The maximum absolute atomic E-state index is 12.0. The maximum atomic E-state index is 12.0. The Bertz CT molecular complexity index is 455. The van der Waals surface area contributed by atoms with Gasteiger partial charge in [0, 0.05) is 6.61 Å². The molecule has 1 atom stereocenters. The number of amides is 2. The fourth-order valence-electron chi connectivity index (χ4n) is 2.47. The van der Waals surface area contributed by atoms with Crippen molar-refractivity contribution < 1.29 is 9.53 Å². The van der Waals surface area contributed by atoms with Gasteiger partial charge >= 0.3 is 6.03 Å². The average molecular weight is 233 g/mol. The number of nitrogen functional groups attached to an aromatic ring is 1. The molecule has 0 saturated carbocycles. The van der Waals surface area contributed by atoms with E-state index in [0.29, 0.717) is 25.4 Å². The van der Waals surface area contributed by atoms with Crippen LogP contribution in [0.5, 0.6) is 0 Å². The number of nitrogens with one attached hydrogen (secondary N) is 1. The quantitative estimate of drug-likeness (QED) is 0.710. The van der Waals surface area contributed by atoms with E-state index in [1.54, 1.807) is 11.0 Å². The maximum Gasteiger partial charge on any atom is 0.322 e. The van der Waals surface area contributed by atoms with Crippen LogP contribution in [0.25, 0.3) is 0 Å². The molecule has 1 aromatic carbocycles.